The van der Waals surface area contributed by atoms with Crippen LogP contribution < -0.4 is 0 Å². The van der Waals surface area contributed by atoms with Gasteiger partial charge in [-0.1, -0.05) is 12.2 Å². The summed E-state index contributed by atoms with van der Waals surface area (Å²) in [5.74, 6) is -0.373. The van der Waals surface area contributed by atoms with Gasteiger partial charge >= 0.3 is 0 Å². The van der Waals surface area contributed by atoms with Gasteiger partial charge in [0.2, 0.25) is 0 Å². The number of phenolic OH excluding ortho intramolecular Hbond substituents is 2. The fraction of sp³-hybridized carbons (Fsp3) is 0.167. The smallest absolute Gasteiger partial charge is 0.165 e. The number of rotatable bonds is 2. The SMILES string of the molecule is C=C(C)Cc1c(O)cc2occ(O)c2c1O. The van der Waals surface area contributed by atoms with Crippen molar-refractivity contribution < 1.29 is 19.7 Å². The molecule has 0 saturated carbocycles. The van der Waals surface area contributed by atoms with Gasteiger partial charge in [0.15, 0.2) is 5.75 Å². The van der Waals surface area contributed by atoms with E-state index in [4.69, 9.17) is 4.42 Å². The van der Waals surface area contributed by atoms with Crippen molar-refractivity contribution in [3.63, 3.8) is 0 Å². The first-order valence-corrected chi connectivity index (χ1v) is 4.79. The second-order valence-electron chi connectivity index (χ2n) is 3.85. The molecule has 0 aliphatic rings. The first-order valence-electron chi connectivity index (χ1n) is 4.79. The number of fused-ring (bicyclic) bond motifs is 1. The second kappa shape index (κ2) is 3.48. The Labute approximate surface area is 92.1 Å². The van der Waals surface area contributed by atoms with Crippen LogP contribution in [0.2, 0.25) is 0 Å². The molecule has 0 fully saturated rings. The quantitative estimate of drug-likeness (QED) is 0.680. The van der Waals surface area contributed by atoms with Gasteiger partial charge in [-0.2, -0.15) is 0 Å². The minimum atomic E-state index is -0.163. The van der Waals surface area contributed by atoms with Crippen molar-refractivity contribution in [3.05, 3.63) is 30.0 Å². The van der Waals surface area contributed by atoms with Crippen LogP contribution in [-0.2, 0) is 6.42 Å². The molecule has 2 rings (SSSR count). The average Bonchev–Trinajstić information content (AvgIpc) is 2.54. The molecule has 16 heavy (non-hydrogen) atoms. The van der Waals surface area contributed by atoms with Crippen molar-refractivity contribution in [2.75, 3.05) is 0 Å². The van der Waals surface area contributed by atoms with Crippen LogP contribution in [0.5, 0.6) is 17.2 Å². The molecule has 0 aliphatic heterocycles. The van der Waals surface area contributed by atoms with Gasteiger partial charge in [-0.3, -0.25) is 0 Å². The standard InChI is InChI=1S/C12H12O4/c1-6(2)3-7-8(13)4-10-11(12(7)15)9(14)5-16-10/h4-5,13-15H,1,3H2,2H3. The van der Waals surface area contributed by atoms with Crippen LogP contribution in [0.25, 0.3) is 11.0 Å². The number of benzene rings is 1. The maximum absolute atomic E-state index is 9.93. The Morgan fingerprint density at radius 1 is 1.31 bits per heavy atom. The molecule has 0 atom stereocenters. The van der Waals surface area contributed by atoms with Crippen LogP contribution in [0.4, 0.5) is 0 Å². The molecule has 3 N–H and O–H groups in total. The summed E-state index contributed by atoms with van der Waals surface area (Å²) in [5, 5.41) is 29.3. The van der Waals surface area contributed by atoms with E-state index >= 15 is 0 Å². The van der Waals surface area contributed by atoms with Crippen LogP contribution in [0, 0.1) is 0 Å². The Morgan fingerprint density at radius 2 is 2.00 bits per heavy atom. The highest BCUT2D eigenvalue weighted by Crippen LogP contribution is 2.41. The molecule has 0 radical (unpaired) electrons. The van der Waals surface area contributed by atoms with Gasteiger partial charge in [-0.15, -0.1) is 0 Å². The van der Waals surface area contributed by atoms with Gasteiger partial charge in [0, 0.05) is 18.1 Å². The van der Waals surface area contributed by atoms with Crippen molar-refractivity contribution in [3.8, 4) is 17.2 Å². The van der Waals surface area contributed by atoms with Gasteiger partial charge in [-0.25, -0.2) is 0 Å². The molecular formula is C12H12O4. The third-order valence-electron chi connectivity index (χ3n) is 2.38. The molecule has 2 aromatic rings. The highest BCUT2D eigenvalue weighted by atomic mass is 16.4. The summed E-state index contributed by atoms with van der Waals surface area (Å²) >= 11 is 0. The summed E-state index contributed by atoms with van der Waals surface area (Å²) in [7, 11) is 0. The number of phenols is 2. The van der Waals surface area contributed by atoms with Crippen LogP contribution in [0.1, 0.15) is 12.5 Å². The summed E-state index contributed by atoms with van der Waals surface area (Å²) in [5.41, 5.74) is 1.39. The zero-order valence-corrected chi connectivity index (χ0v) is 8.82. The lowest BCUT2D eigenvalue weighted by atomic mass is 10.0. The van der Waals surface area contributed by atoms with Crippen LogP contribution >= 0.6 is 0 Å². The summed E-state index contributed by atoms with van der Waals surface area (Å²) in [4.78, 5) is 0. The molecule has 1 aromatic heterocycles. The van der Waals surface area contributed by atoms with E-state index in [0.29, 0.717) is 12.0 Å². The van der Waals surface area contributed by atoms with Crippen molar-refractivity contribution in [1.82, 2.24) is 0 Å². The Morgan fingerprint density at radius 3 is 2.62 bits per heavy atom. The fourth-order valence-electron chi connectivity index (χ4n) is 1.67. The van der Waals surface area contributed by atoms with E-state index in [0.717, 1.165) is 11.8 Å². The minimum absolute atomic E-state index is 0.0673. The number of aromatic hydroxyl groups is 3. The molecular weight excluding hydrogens is 208 g/mol. The van der Waals surface area contributed by atoms with Crippen molar-refractivity contribution in [1.29, 1.82) is 0 Å². The highest BCUT2D eigenvalue weighted by molar-refractivity contribution is 5.92. The molecule has 0 spiro atoms. The normalized spacial score (nSPS) is 10.8. The Balaban J connectivity index is 2.73. The minimum Gasteiger partial charge on any atom is -0.507 e. The predicted molar refractivity (Wildman–Crippen MR) is 59.7 cm³/mol. The molecule has 0 amide bonds. The number of furan rings is 1. The van der Waals surface area contributed by atoms with Crippen LogP contribution in [0.3, 0.4) is 0 Å². The topological polar surface area (TPSA) is 73.8 Å². The third-order valence-corrected chi connectivity index (χ3v) is 2.38. The number of hydrogen-bond acceptors (Lipinski definition) is 4. The van der Waals surface area contributed by atoms with Crippen LogP contribution in [0.15, 0.2) is 28.9 Å². The molecule has 0 bridgehead atoms. The van der Waals surface area contributed by atoms with Gasteiger partial charge in [0.25, 0.3) is 0 Å². The fourth-order valence-corrected chi connectivity index (χ4v) is 1.67. The second-order valence-corrected chi connectivity index (χ2v) is 3.85. The molecule has 0 unspecified atom stereocenters. The summed E-state index contributed by atoms with van der Waals surface area (Å²) in [6.07, 6.45) is 1.46. The van der Waals surface area contributed by atoms with Crippen molar-refractivity contribution >= 4 is 11.0 Å². The number of hydrogen-bond donors (Lipinski definition) is 3. The first-order chi connectivity index (χ1) is 7.50. The van der Waals surface area contributed by atoms with Gasteiger partial charge in [-0.05, 0) is 6.92 Å². The molecule has 84 valence electrons. The predicted octanol–water partition coefficient (Wildman–Crippen LogP) is 2.67. The molecule has 0 saturated heterocycles. The Kier molecular flexibility index (Phi) is 2.27. The van der Waals surface area contributed by atoms with E-state index in [2.05, 4.69) is 6.58 Å². The van der Waals surface area contributed by atoms with E-state index in [-0.39, 0.29) is 28.2 Å². The highest BCUT2D eigenvalue weighted by Gasteiger charge is 2.17. The molecule has 1 heterocycles. The lowest BCUT2D eigenvalue weighted by Crippen LogP contribution is -1.88. The third kappa shape index (κ3) is 1.48. The molecule has 1 aromatic carbocycles. The van der Waals surface area contributed by atoms with Crippen molar-refractivity contribution in [2.24, 2.45) is 0 Å². The largest absolute Gasteiger partial charge is 0.507 e. The van der Waals surface area contributed by atoms with E-state index in [1.165, 1.54) is 6.07 Å². The van der Waals surface area contributed by atoms with Crippen molar-refractivity contribution in [2.45, 2.75) is 13.3 Å². The van der Waals surface area contributed by atoms with E-state index < -0.39 is 0 Å². The van der Waals surface area contributed by atoms with E-state index in [9.17, 15) is 15.3 Å². The molecule has 0 aliphatic carbocycles. The Bertz CT molecular complexity index is 566. The average molecular weight is 220 g/mol. The first kappa shape index (κ1) is 10.4. The maximum Gasteiger partial charge on any atom is 0.165 e. The summed E-state index contributed by atoms with van der Waals surface area (Å²) in [6, 6.07) is 1.37. The lowest BCUT2D eigenvalue weighted by molar-refractivity contribution is 0.441. The van der Waals surface area contributed by atoms with Gasteiger partial charge < -0.3 is 19.7 Å². The summed E-state index contributed by atoms with van der Waals surface area (Å²) < 4.78 is 4.98. The monoisotopic (exact) mass is 220 g/mol. The van der Waals surface area contributed by atoms with E-state index in [1.807, 2.05) is 0 Å². The van der Waals surface area contributed by atoms with E-state index in [1.54, 1.807) is 6.92 Å². The van der Waals surface area contributed by atoms with Crippen LogP contribution in [-0.4, -0.2) is 15.3 Å². The lowest BCUT2D eigenvalue weighted by Gasteiger charge is -2.07. The summed E-state index contributed by atoms with van der Waals surface area (Å²) in [6.45, 7) is 5.50. The zero-order valence-electron chi connectivity index (χ0n) is 8.82. The van der Waals surface area contributed by atoms with Gasteiger partial charge in [0.05, 0.1) is 0 Å². The zero-order chi connectivity index (χ0) is 11.9. The number of allylic oxidation sites excluding steroid dienone is 1. The Hall–Kier alpha value is -2.10. The molecule has 4 heteroatoms. The molecule has 4 nitrogen and oxygen atoms in total. The van der Waals surface area contributed by atoms with Gasteiger partial charge in [0.1, 0.15) is 28.7 Å². The maximum atomic E-state index is 9.93.